The Labute approximate surface area is 187 Å². The summed E-state index contributed by atoms with van der Waals surface area (Å²) in [6, 6.07) is 0. The van der Waals surface area contributed by atoms with Gasteiger partial charge in [-0.15, -0.1) is 0 Å². The van der Waals surface area contributed by atoms with Crippen molar-refractivity contribution >= 4 is 5.97 Å². The first-order chi connectivity index (χ1) is 15.4. The van der Waals surface area contributed by atoms with Gasteiger partial charge >= 0.3 is 24.0 Å². The summed E-state index contributed by atoms with van der Waals surface area (Å²) in [5.74, 6) is -14.7. The van der Waals surface area contributed by atoms with Crippen LogP contribution >= 0.6 is 0 Å². The van der Waals surface area contributed by atoms with E-state index in [9.17, 15) is 35.5 Å². The molecule has 0 radical (unpaired) electrons. The number of esters is 1. The Morgan fingerprint density at radius 2 is 1.55 bits per heavy atom. The zero-order chi connectivity index (χ0) is 24.4. The molecule has 1 saturated carbocycles. The van der Waals surface area contributed by atoms with Gasteiger partial charge in [-0.3, -0.25) is 0 Å². The van der Waals surface area contributed by atoms with Gasteiger partial charge in [0.25, 0.3) is 0 Å². The van der Waals surface area contributed by atoms with Crippen molar-refractivity contribution in [3.8, 4) is 0 Å². The van der Waals surface area contributed by atoms with E-state index < -0.39 is 36.4 Å². The first-order valence-corrected chi connectivity index (χ1v) is 11.3. The maximum atomic E-state index is 13.5. The molecule has 0 spiro atoms. The van der Waals surface area contributed by atoms with E-state index in [1.54, 1.807) is 0 Å². The standard InChI is InChI=1S/C22H29F7O4/c1-2-13-3-5-14(6-4-13)16-11-31-18(32-12-16)15-7-9-17(10-8-15)33-19(30)20(23,24)21(25,26)22(27,28)29/h3,14-18H,2,4-12H2,1H3. The molecule has 0 aromatic carbocycles. The van der Waals surface area contributed by atoms with Crippen molar-refractivity contribution < 1.29 is 49.7 Å². The molecule has 3 aliphatic rings. The molecule has 4 nitrogen and oxygen atoms in total. The number of halogens is 7. The van der Waals surface area contributed by atoms with Crippen LogP contribution in [0.25, 0.3) is 0 Å². The maximum Gasteiger partial charge on any atom is 0.460 e. The zero-order valence-corrected chi connectivity index (χ0v) is 18.3. The van der Waals surface area contributed by atoms with Gasteiger partial charge in [-0.1, -0.05) is 18.6 Å². The Morgan fingerprint density at radius 1 is 0.939 bits per heavy atom. The van der Waals surface area contributed by atoms with Crippen LogP contribution in [-0.4, -0.2) is 49.6 Å². The van der Waals surface area contributed by atoms with Crippen LogP contribution in [-0.2, 0) is 19.0 Å². The van der Waals surface area contributed by atoms with Gasteiger partial charge in [0.1, 0.15) is 6.10 Å². The molecule has 0 amide bonds. The predicted molar refractivity (Wildman–Crippen MR) is 103 cm³/mol. The topological polar surface area (TPSA) is 44.8 Å². The summed E-state index contributed by atoms with van der Waals surface area (Å²) in [6.45, 7) is 3.22. The minimum Gasteiger partial charge on any atom is -0.458 e. The van der Waals surface area contributed by atoms with Gasteiger partial charge < -0.3 is 14.2 Å². The molecule has 0 N–H and O–H groups in total. The van der Waals surface area contributed by atoms with E-state index in [4.69, 9.17) is 9.47 Å². The quantitative estimate of drug-likeness (QED) is 0.259. The molecule has 1 saturated heterocycles. The monoisotopic (exact) mass is 490 g/mol. The molecule has 2 aliphatic carbocycles. The van der Waals surface area contributed by atoms with Gasteiger partial charge in [-0.05, 0) is 57.3 Å². The SMILES string of the molecule is CCC1=CCC(C2COC(C3CCC(OC(=O)C(F)(F)C(F)(F)C(F)(F)F)CC3)OC2)CC1. The molecule has 3 rings (SSSR count). The molecule has 0 aromatic heterocycles. The number of alkyl halides is 7. The highest BCUT2D eigenvalue weighted by Crippen LogP contribution is 2.47. The summed E-state index contributed by atoms with van der Waals surface area (Å²) in [4.78, 5) is 11.4. The lowest BCUT2D eigenvalue weighted by Crippen LogP contribution is -2.57. The number of rotatable bonds is 6. The minimum atomic E-state index is -6.58. The average molecular weight is 490 g/mol. The summed E-state index contributed by atoms with van der Waals surface area (Å²) in [5.41, 5.74) is 1.47. The van der Waals surface area contributed by atoms with Crippen molar-refractivity contribution in [2.24, 2.45) is 17.8 Å². The molecular formula is C22H29F7O4. The fourth-order valence-corrected chi connectivity index (χ4v) is 4.75. The van der Waals surface area contributed by atoms with E-state index >= 15 is 0 Å². The third-order valence-corrected chi connectivity index (χ3v) is 7.00. The van der Waals surface area contributed by atoms with Crippen molar-refractivity contribution in [3.05, 3.63) is 11.6 Å². The van der Waals surface area contributed by atoms with Crippen LogP contribution in [0.1, 0.15) is 58.3 Å². The second kappa shape index (κ2) is 10.1. The fraction of sp³-hybridized carbons (Fsp3) is 0.864. The number of hydrogen-bond donors (Lipinski definition) is 0. The molecule has 2 fully saturated rings. The van der Waals surface area contributed by atoms with E-state index in [1.165, 1.54) is 5.57 Å². The van der Waals surface area contributed by atoms with Crippen molar-refractivity contribution in [2.45, 2.75) is 88.7 Å². The van der Waals surface area contributed by atoms with Crippen molar-refractivity contribution in [2.75, 3.05) is 13.2 Å². The molecule has 0 aromatic rings. The third-order valence-electron chi connectivity index (χ3n) is 7.00. The number of hydrogen-bond acceptors (Lipinski definition) is 4. The predicted octanol–water partition coefficient (Wildman–Crippen LogP) is 6.05. The summed E-state index contributed by atoms with van der Waals surface area (Å²) in [7, 11) is 0. The summed E-state index contributed by atoms with van der Waals surface area (Å²) in [6.07, 6.45) is -0.930. The van der Waals surface area contributed by atoms with Gasteiger partial charge in [-0.25, -0.2) is 4.79 Å². The maximum absolute atomic E-state index is 13.5. The van der Waals surface area contributed by atoms with E-state index in [0.29, 0.717) is 32.0 Å². The Balaban J connectivity index is 1.43. The highest BCUT2D eigenvalue weighted by atomic mass is 19.4. The molecule has 11 heteroatoms. The number of carbonyl (C=O) groups is 1. The van der Waals surface area contributed by atoms with Gasteiger partial charge in [0.15, 0.2) is 6.29 Å². The Kier molecular flexibility index (Phi) is 8.03. The molecule has 1 atom stereocenters. The second-order valence-corrected chi connectivity index (χ2v) is 9.13. The lowest BCUT2D eigenvalue weighted by Gasteiger charge is -2.40. The van der Waals surface area contributed by atoms with E-state index in [-0.39, 0.29) is 24.7 Å². The van der Waals surface area contributed by atoms with Crippen LogP contribution in [0.5, 0.6) is 0 Å². The third kappa shape index (κ3) is 5.66. The van der Waals surface area contributed by atoms with Gasteiger partial charge in [0, 0.05) is 11.8 Å². The molecule has 190 valence electrons. The minimum absolute atomic E-state index is 0.0456. The zero-order valence-electron chi connectivity index (χ0n) is 18.3. The number of allylic oxidation sites excluding steroid dienone is 2. The largest absolute Gasteiger partial charge is 0.460 e. The Hall–Kier alpha value is -1.36. The smallest absolute Gasteiger partial charge is 0.458 e. The van der Waals surface area contributed by atoms with Gasteiger partial charge in [0.2, 0.25) is 0 Å². The summed E-state index contributed by atoms with van der Waals surface area (Å²) in [5, 5.41) is 0. The van der Waals surface area contributed by atoms with Crippen LogP contribution in [0.2, 0.25) is 0 Å². The lowest BCUT2D eigenvalue weighted by atomic mass is 9.80. The molecule has 1 unspecified atom stereocenters. The van der Waals surface area contributed by atoms with E-state index in [1.807, 2.05) is 0 Å². The van der Waals surface area contributed by atoms with Crippen molar-refractivity contribution in [3.63, 3.8) is 0 Å². The Bertz CT molecular complexity index is 706. The van der Waals surface area contributed by atoms with Crippen LogP contribution in [0, 0.1) is 17.8 Å². The lowest BCUT2D eigenvalue weighted by molar-refractivity contribution is -0.349. The first-order valence-electron chi connectivity index (χ1n) is 11.3. The average Bonchev–Trinajstić information content (AvgIpc) is 2.79. The fourth-order valence-electron chi connectivity index (χ4n) is 4.75. The molecule has 1 heterocycles. The highest BCUT2D eigenvalue weighted by molar-refractivity contribution is 5.79. The first kappa shape index (κ1) is 26.2. The molecule has 33 heavy (non-hydrogen) atoms. The summed E-state index contributed by atoms with van der Waals surface area (Å²) >= 11 is 0. The number of ether oxygens (including phenoxy) is 3. The Morgan fingerprint density at radius 3 is 2.03 bits per heavy atom. The highest BCUT2D eigenvalue weighted by Gasteiger charge is 2.77. The normalized spacial score (nSPS) is 32.2. The summed E-state index contributed by atoms with van der Waals surface area (Å²) < 4.78 is 106. The van der Waals surface area contributed by atoms with Gasteiger partial charge in [0.05, 0.1) is 13.2 Å². The molecule has 1 aliphatic heterocycles. The van der Waals surface area contributed by atoms with Crippen LogP contribution in [0.15, 0.2) is 11.6 Å². The van der Waals surface area contributed by atoms with Crippen molar-refractivity contribution in [1.82, 2.24) is 0 Å². The van der Waals surface area contributed by atoms with Gasteiger partial charge in [-0.2, -0.15) is 30.7 Å². The number of carbonyl (C=O) groups excluding carboxylic acids is 1. The second-order valence-electron chi connectivity index (χ2n) is 9.13. The molecular weight excluding hydrogens is 461 g/mol. The van der Waals surface area contributed by atoms with E-state index in [0.717, 1.165) is 25.7 Å². The van der Waals surface area contributed by atoms with Crippen molar-refractivity contribution in [1.29, 1.82) is 0 Å². The van der Waals surface area contributed by atoms with E-state index in [2.05, 4.69) is 17.7 Å². The van der Waals surface area contributed by atoms with Crippen LogP contribution in [0.4, 0.5) is 30.7 Å². The van der Waals surface area contributed by atoms with Crippen LogP contribution < -0.4 is 0 Å². The molecule has 0 bridgehead atoms. The van der Waals surface area contributed by atoms with Crippen LogP contribution in [0.3, 0.4) is 0 Å².